The molecule has 2 heterocycles. The van der Waals surface area contributed by atoms with E-state index in [1.54, 1.807) is 0 Å². The number of nitrogens with zero attached hydrogens (tertiary/aromatic N) is 1. The first-order chi connectivity index (χ1) is 8.77. The smallest absolute Gasteiger partial charge is 0.224 e. The number of carbonyl (C=O) groups excluding carboxylic acids is 2. The first kappa shape index (κ1) is 11.8. The van der Waals surface area contributed by atoms with Crippen LogP contribution in [0.1, 0.15) is 30.9 Å². The zero-order chi connectivity index (χ0) is 12.5. The number of fused-ring (bicyclic) bond motifs is 1. The first-order valence-electron chi connectivity index (χ1n) is 6.30. The average molecular weight is 261 g/mol. The molecule has 0 bridgehead atoms. The molecule has 0 saturated carbocycles. The minimum absolute atomic E-state index is 0.0892. The number of hydrogen-bond acceptors (Lipinski definition) is 3. The topological polar surface area (TPSA) is 37.4 Å². The maximum absolute atomic E-state index is 12.2. The van der Waals surface area contributed by atoms with Crippen molar-refractivity contribution in [2.75, 3.05) is 5.75 Å². The Kier molecular flexibility index (Phi) is 3.12. The number of hydrogen-bond donors (Lipinski definition) is 0. The zero-order valence-electron chi connectivity index (χ0n) is 10.0. The largest absolute Gasteiger partial charge is 0.325 e. The third-order valence-electron chi connectivity index (χ3n) is 3.69. The Morgan fingerprint density at radius 3 is 2.56 bits per heavy atom. The van der Waals surface area contributed by atoms with Gasteiger partial charge in [0.15, 0.2) is 0 Å². The SMILES string of the molecule is O=C1SCCC(=O)N2[C@@H]1CC[C@H]2c1ccccc1. The molecular weight excluding hydrogens is 246 g/mol. The third-order valence-corrected chi connectivity index (χ3v) is 4.65. The predicted octanol–water partition coefficient (Wildman–Crippen LogP) is 2.38. The molecule has 2 atom stereocenters. The molecule has 3 nitrogen and oxygen atoms in total. The van der Waals surface area contributed by atoms with Crippen molar-refractivity contribution in [2.45, 2.75) is 31.3 Å². The Balaban J connectivity index is 1.94. The summed E-state index contributed by atoms with van der Waals surface area (Å²) in [6.45, 7) is 0. The molecule has 0 aromatic heterocycles. The third kappa shape index (κ3) is 1.94. The molecule has 2 fully saturated rings. The van der Waals surface area contributed by atoms with Crippen LogP contribution in [0.4, 0.5) is 0 Å². The molecule has 0 radical (unpaired) electrons. The standard InChI is InChI=1S/C14H15NO2S/c16-13-8-9-18-14(17)12-7-6-11(15(12)13)10-4-2-1-3-5-10/h1-5,11-12H,6-9H2/t11-,12+/m0/s1. The van der Waals surface area contributed by atoms with Crippen molar-refractivity contribution >= 4 is 22.8 Å². The fourth-order valence-corrected chi connectivity index (χ4v) is 3.76. The van der Waals surface area contributed by atoms with E-state index in [4.69, 9.17) is 0 Å². The fourth-order valence-electron chi connectivity index (χ4n) is 2.86. The number of amides is 1. The van der Waals surface area contributed by atoms with E-state index in [1.165, 1.54) is 11.8 Å². The van der Waals surface area contributed by atoms with E-state index in [2.05, 4.69) is 0 Å². The van der Waals surface area contributed by atoms with E-state index in [0.29, 0.717) is 12.2 Å². The lowest BCUT2D eigenvalue weighted by molar-refractivity contribution is -0.136. The molecule has 0 unspecified atom stereocenters. The van der Waals surface area contributed by atoms with Crippen molar-refractivity contribution in [3.05, 3.63) is 35.9 Å². The lowest BCUT2D eigenvalue weighted by Crippen LogP contribution is -2.39. The van der Waals surface area contributed by atoms with Gasteiger partial charge in [-0.2, -0.15) is 0 Å². The number of rotatable bonds is 1. The van der Waals surface area contributed by atoms with Crippen molar-refractivity contribution in [3.63, 3.8) is 0 Å². The summed E-state index contributed by atoms with van der Waals surface area (Å²) < 4.78 is 0. The van der Waals surface area contributed by atoms with E-state index >= 15 is 0 Å². The summed E-state index contributed by atoms with van der Waals surface area (Å²) in [7, 11) is 0. The second kappa shape index (κ2) is 4.76. The number of benzene rings is 1. The molecule has 2 aliphatic rings. The fraction of sp³-hybridized carbons (Fsp3) is 0.429. The molecule has 4 heteroatoms. The van der Waals surface area contributed by atoms with Gasteiger partial charge in [-0.15, -0.1) is 0 Å². The van der Waals surface area contributed by atoms with Crippen LogP contribution in [0.5, 0.6) is 0 Å². The highest BCUT2D eigenvalue weighted by atomic mass is 32.2. The van der Waals surface area contributed by atoms with E-state index in [9.17, 15) is 9.59 Å². The molecule has 1 aromatic rings. The van der Waals surface area contributed by atoms with Crippen molar-refractivity contribution in [3.8, 4) is 0 Å². The quantitative estimate of drug-likeness (QED) is 0.779. The number of thioether (sulfide) groups is 1. The minimum Gasteiger partial charge on any atom is -0.325 e. The van der Waals surface area contributed by atoms with Crippen LogP contribution in [0.2, 0.25) is 0 Å². The van der Waals surface area contributed by atoms with Gasteiger partial charge in [-0.25, -0.2) is 0 Å². The summed E-state index contributed by atoms with van der Waals surface area (Å²) in [6.07, 6.45) is 2.18. The van der Waals surface area contributed by atoms with Crippen molar-refractivity contribution in [1.29, 1.82) is 0 Å². The Labute approximate surface area is 111 Å². The minimum atomic E-state index is -0.199. The highest BCUT2D eigenvalue weighted by molar-refractivity contribution is 8.13. The summed E-state index contributed by atoms with van der Waals surface area (Å²) >= 11 is 1.31. The Hall–Kier alpha value is -1.29. The summed E-state index contributed by atoms with van der Waals surface area (Å²) in [5.41, 5.74) is 1.15. The molecule has 0 N–H and O–H groups in total. The van der Waals surface area contributed by atoms with Gasteiger partial charge < -0.3 is 4.90 Å². The van der Waals surface area contributed by atoms with E-state index in [0.717, 1.165) is 18.4 Å². The highest BCUT2D eigenvalue weighted by Crippen LogP contribution is 2.39. The van der Waals surface area contributed by atoms with Crippen molar-refractivity contribution < 1.29 is 9.59 Å². The Bertz CT molecular complexity index is 474. The van der Waals surface area contributed by atoms with Gasteiger partial charge in [0, 0.05) is 12.2 Å². The van der Waals surface area contributed by atoms with E-state index < -0.39 is 0 Å². The van der Waals surface area contributed by atoms with Gasteiger partial charge in [-0.05, 0) is 18.4 Å². The molecule has 3 rings (SSSR count). The van der Waals surface area contributed by atoms with Gasteiger partial charge in [-0.3, -0.25) is 9.59 Å². The summed E-state index contributed by atoms with van der Waals surface area (Å²) in [5, 5.41) is 0.166. The second-order valence-electron chi connectivity index (χ2n) is 4.74. The molecule has 1 aromatic carbocycles. The van der Waals surface area contributed by atoms with E-state index in [1.807, 2.05) is 35.2 Å². The van der Waals surface area contributed by atoms with Crippen LogP contribution in [-0.4, -0.2) is 27.7 Å². The van der Waals surface area contributed by atoms with Gasteiger partial charge in [0.05, 0.1) is 6.04 Å². The highest BCUT2D eigenvalue weighted by Gasteiger charge is 2.42. The van der Waals surface area contributed by atoms with Gasteiger partial charge in [0.2, 0.25) is 11.0 Å². The van der Waals surface area contributed by atoms with Gasteiger partial charge in [0.1, 0.15) is 6.04 Å². The van der Waals surface area contributed by atoms with Crippen molar-refractivity contribution in [1.82, 2.24) is 4.90 Å². The maximum atomic E-state index is 12.2. The zero-order valence-corrected chi connectivity index (χ0v) is 10.9. The second-order valence-corrected chi connectivity index (χ2v) is 5.84. The van der Waals surface area contributed by atoms with Crippen LogP contribution in [0.15, 0.2) is 30.3 Å². The Morgan fingerprint density at radius 1 is 1.06 bits per heavy atom. The van der Waals surface area contributed by atoms with Gasteiger partial charge in [-0.1, -0.05) is 42.1 Å². The first-order valence-corrected chi connectivity index (χ1v) is 7.28. The Morgan fingerprint density at radius 2 is 1.78 bits per heavy atom. The van der Waals surface area contributed by atoms with Crippen LogP contribution in [-0.2, 0) is 9.59 Å². The maximum Gasteiger partial charge on any atom is 0.224 e. The van der Waals surface area contributed by atoms with E-state index in [-0.39, 0.29) is 23.1 Å². The van der Waals surface area contributed by atoms with Crippen molar-refractivity contribution in [2.24, 2.45) is 0 Å². The molecule has 94 valence electrons. The molecule has 1 amide bonds. The normalized spacial score (nSPS) is 28.1. The predicted molar refractivity (Wildman–Crippen MR) is 71.1 cm³/mol. The van der Waals surface area contributed by atoms with Crippen LogP contribution >= 0.6 is 11.8 Å². The van der Waals surface area contributed by atoms with Crippen LogP contribution in [0, 0.1) is 0 Å². The van der Waals surface area contributed by atoms with Crippen LogP contribution in [0.25, 0.3) is 0 Å². The van der Waals surface area contributed by atoms with Crippen LogP contribution in [0.3, 0.4) is 0 Å². The average Bonchev–Trinajstić information content (AvgIpc) is 2.78. The van der Waals surface area contributed by atoms with Gasteiger partial charge in [0.25, 0.3) is 0 Å². The molecule has 18 heavy (non-hydrogen) atoms. The molecular formula is C14H15NO2S. The molecule has 2 saturated heterocycles. The lowest BCUT2D eigenvalue weighted by Gasteiger charge is -2.28. The summed E-state index contributed by atoms with van der Waals surface area (Å²) in [5.74, 6) is 0.760. The van der Waals surface area contributed by atoms with Crippen LogP contribution < -0.4 is 0 Å². The van der Waals surface area contributed by atoms with Gasteiger partial charge >= 0.3 is 0 Å². The summed E-state index contributed by atoms with van der Waals surface area (Å²) in [4.78, 5) is 26.0. The molecule has 2 aliphatic heterocycles. The molecule has 0 spiro atoms. The summed E-state index contributed by atoms with van der Waals surface area (Å²) in [6, 6.07) is 9.93. The monoisotopic (exact) mass is 261 g/mol. The lowest BCUT2D eigenvalue weighted by atomic mass is 10.0. The number of carbonyl (C=O) groups is 2. The molecule has 0 aliphatic carbocycles.